The molecular formula is C70H135NO5. The monoisotopic (exact) mass is 1070 g/mol. The van der Waals surface area contributed by atoms with Gasteiger partial charge in [-0.25, -0.2) is 0 Å². The highest BCUT2D eigenvalue weighted by Crippen LogP contribution is 2.19. The van der Waals surface area contributed by atoms with Crippen molar-refractivity contribution in [2.45, 2.75) is 398 Å². The van der Waals surface area contributed by atoms with Crippen molar-refractivity contribution in [3.63, 3.8) is 0 Å². The number of hydrogen-bond donors (Lipinski definition) is 3. The van der Waals surface area contributed by atoms with Crippen LogP contribution < -0.4 is 5.32 Å². The quantitative estimate of drug-likeness (QED) is 0.0320. The SMILES string of the molecule is CCCCCCCC/C=C\CCCCCCCCCC(=O)OCCCCCCCCCCCCCCCCCCCCCCCCCCCC(=O)NC(CO)C(O)/C=C/CCCCCCCCCCCCCCCCC. The first-order valence-electron chi connectivity index (χ1n) is 34.6. The number of nitrogens with one attached hydrogen (secondary N) is 1. The maximum absolute atomic E-state index is 12.5. The van der Waals surface area contributed by atoms with Crippen LogP contribution in [0, 0.1) is 0 Å². The fourth-order valence-corrected chi connectivity index (χ4v) is 10.9. The van der Waals surface area contributed by atoms with Gasteiger partial charge in [0, 0.05) is 12.8 Å². The van der Waals surface area contributed by atoms with Gasteiger partial charge in [0.15, 0.2) is 0 Å². The first-order chi connectivity index (χ1) is 37.5. The van der Waals surface area contributed by atoms with Crippen molar-refractivity contribution in [3.05, 3.63) is 24.3 Å². The molecule has 0 aromatic heterocycles. The molecule has 6 heteroatoms. The molecule has 1 amide bonds. The number of carbonyl (C=O) groups excluding carboxylic acids is 2. The lowest BCUT2D eigenvalue weighted by Gasteiger charge is -2.20. The van der Waals surface area contributed by atoms with Crippen LogP contribution in [0.4, 0.5) is 0 Å². The average Bonchev–Trinajstić information content (AvgIpc) is 3.42. The molecule has 0 aliphatic heterocycles. The fraction of sp³-hybridized carbons (Fsp3) is 0.914. The lowest BCUT2D eigenvalue weighted by Crippen LogP contribution is -2.45. The highest BCUT2D eigenvalue weighted by molar-refractivity contribution is 5.76. The summed E-state index contributed by atoms with van der Waals surface area (Å²) in [6.45, 7) is 4.93. The summed E-state index contributed by atoms with van der Waals surface area (Å²) in [5, 5.41) is 23.2. The Morgan fingerprint density at radius 3 is 0.934 bits per heavy atom. The summed E-state index contributed by atoms with van der Waals surface area (Å²) >= 11 is 0. The molecule has 0 saturated carbocycles. The second-order valence-corrected chi connectivity index (χ2v) is 23.9. The standard InChI is InChI=1S/C70H135NO5/c1-3-5-7-9-11-13-15-17-19-30-34-38-42-46-50-54-58-62-68(73)67(66-72)71-69(74)63-59-55-51-47-43-39-35-32-28-26-24-22-21-23-25-27-29-33-37-41-45-49-53-57-61-65-76-70(75)64-60-56-52-48-44-40-36-31-20-18-16-14-12-10-8-6-4-2/h18,20,58,62,67-68,72-73H,3-17,19,21-57,59-61,63-66H2,1-2H3,(H,71,74)/b20-18-,62-58+. The minimum absolute atomic E-state index is 0.0133. The molecule has 0 spiro atoms. The Kier molecular flexibility index (Phi) is 64.4. The van der Waals surface area contributed by atoms with Crippen molar-refractivity contribution in [1.82, 2.24) is 5.32 Å². The summed E-state index contributed by atoms with van der Waals surface area (Å²) in [6, 6.07) is -0.627. The fourth-order valence-electron chi connectivity index (χ4n) is 10.9. The van der Waals surface area contributed by atoms with Gasteiger partial charge in [-0.2, -0.15) is 0 Å². The average molecular weight is 1070 g/mol. The molecule has 0 aliphatic carbocycles. The molecular weight excluding hydrogens is 935 g/mol. The van der Waals surface area contributed by atoms with E-state index in [2.05, 4.69) is 31.3 Å². The van der Waals surface area contributed by atoms with Crippen LogP contribution >= 0.6 is 0 Å². The van der Waals surface area contributed by atoms with Crippen molar-refractivity contribution < 1.29 is 24.5 Å². The minimum Gasteiger partial charge on any atom is -0.466 e. The van der Waals surface area contributed by atoms with Crippen LogP contribution in [-0.2, 0) is 14.3 Å². The molecule has 0 aromatic carbocycles. The van der Waals surface area contributed by atoms with Crippen molar-refractivity contribution in [3.8, 4) is 0 Å². The Bertz CT molecular complexity index is 1190. The Morgan fingerprint density at radius 1 is 0.355 bits per heavy atom. The van der Waals surface area contributed by atoms with E-state index in [1.54, 1.807) is 6.08 Å². The second-order valence-electron chi connectivity index (χ2n) is 23.9. The third-order valence-corrected chi connectivity index (χ3v) is 16.2. The first kappa shape index (κ1) is 74.3. The molecule has 0 heterocycles. The zero-order valence-corrected chi connectivity index (χ0v) is 51.5. The summed E-state index contributed by atoms with van der Waals surface area (Å²) < 4.78 is 5.50. The van der Waals surface area contributed by atoms with E-state index in [0.717, 1.165) is 44.9 Å². The molecule has 2 unspecified atom stereocenters. The van der Waals surface area contributed by atoms with Gasteiger partial charge in [0.2, 0.25) is 5.91 Å². The van der Waals surface area contributed by atoms with E-state index in [9.17, 15) is 19.8 Å². The summed E-state index contributed by atoms with van der Waals surface area (Å²) in [4.78, 5) is 24.6. The predicted octanol–water partition coefficient (Wildman–Crippen LogP) is 22.1. The van der Waals surface area contributed by atoms with Gasteiger partial charge in [-0.1, -0.05) is 340 Å². The first-order valence-corrected chi connectivity index (χ1v) is 34.6. The smallest absolute Gasteiger partial charge is 0.305 e. The van der Waals surface area contributed by atoms with Gasteiger partial charge in [-0.05, 0) is 57.8 Å². The van der Waals surface area contributed by atoms with E-state index >= 15 is 0 Å². The Balaban J connectivity index is 3.37. The Morgan fingerprint density at radius 2 is 0.618 bits per heavy atom. The van der Waals surface area contributed by atoms with Crippen LogP contribution in [0.5, 0.6) is 0 Å². The van der Waals surface area contributed by atoms with E-state index in [1.807, 2.05) is 6.08 Å². The summed E-state index contributed by atoms with van der Waals surface area (Å²) in [6.07, 6.45) is 82.5. The van der Waals surface area contributed by atoms with Gasteiger partial charge in [-0.3, -0.25) is 9.59 Å². The van der Waals surface area contributed by atoms with Crippen molar-refractivity contribution in [1.29, 1.82) is 0 Å². The number of allylic oxidation sites excluding steroid dienone is 3. The summed E-state index contributed by atoms with van der Waals surface area (Å²) in [7, 11) is 0. The van der Waals surface area contributed by atoms with Crippen LogP contribution in [0.2, 0.25) is 0 Å². The molecule has 0 fully saturated rings. The van der Waals surface area contributed by atoms with Gasteiger partial charge in [0.05, 0.1) is 25.4 Å². The molecule has 0 bridgehead atoms. The van der Waals surface area contributed by atoms with Crippen LogP contribution in [0.25, 0.3) is 0 Å². The summed E-state index contributed by atoms with van der Waals surface area (Å²) in [5.41, 5.74) is 0. The highest BCUT2D eigenvalue weighted by atomic mass is 16.5. The van der Waals surface area contributed by atoms with E-state index in [0.29, 0.717) is 19.4 Å². The molecule has 0 radical (unpaired) electrons. The maximum atomic E-state index is 12.5. The Labute approximate surface area is 475 Å². The normalized spacial score (nSPS) is 12.6. The number of hydrogen-bond acceptors (Lipinski definition) is 5. The van der Waals surface area contributed by atoms with E-state index in [-0.39, 0.29) is 18.5 Å². The predicted molar refractivity (Wildman–Crippen MR) is 333 cm³/mol. The van der Waals surface area contributed by atoms with Crippen LogP contribution in [0.3, 0.4) is 0 Å². The number of esters is 1. The number of aliphatic hydroxyl groups excluding tert-OH is 2. The number of ether oxygens (including phenoxy) is 1. The molecule has 3 N–H and O–H groups in total. The summed E-state index contributed by atoms with van der Waals surface area (Å²) in [5.74, 6) is -0.0499. The van der Waals surface area contributed by atoms with Crippen molar-refractivity contribution >= 4 is 11.9 Å². The topological polar surface area (TPSA) is 95.9 Å². The third-order valence-electron chi connectivity index (χ3n) is 16.2. The van der Waals surface area contributed by atoms with E-state index in [4.69, 9.17) is 4.74 Å². The van der Waals surface area contributed by atoms with E-state index in [1.165, 1.54) is 315 Å². The van der Waals surface area contributed by atoms with Gasteiger partial charge in [-0.15, -0.1) is 0 Å². The number of carbonyl (C=O) groups is 2. The molecule has 2 atom stereocenters. The van der Waals surface area contributed by atoms with Crippen molar-refractivity contribution in [2.75, 3.05) is 13.2 Å². The number of amides is 1. The minimum atomic E-state index is -0.843. The lowest BCUT2D eigenvalue weighted by molar-refractivity contribution is -0.143. The van der Waals surface area contributed by atoms with E-state index < -0.39 is 12.1 Å². The van der Waals surface area contributed by atoms with Gasteiger partial charge >= 0.3 is 5.97 Å². The molecule has 0 aliphatic rings. The third kappa shape index (κ3) is 61.6. The van der Waals surface area contributed by atoms with Gasteiger partial charge in [0.1, 0.15) is 0 Å². The molecule has 0 aromatic rings. The zero-order valence-electron chi connectivity index (χ0n) is 51.5. The molecule has 450 valence electrons. The highest BCUT2D eigenvalue weighted by Gasteiger charge is 2.18. The molecule has 76 heavy (non-hydrogen) atoms. The van der Waals surface area contributed by atoms with Crippen molar-refractivity contribution in [2.24, 2.45) is 0 Å². The van der Waals surface area contributed by atoms with Crippen LogP contribution in [0.15, 0.2) is 24.3 Å². The maximum Gasteiger partial charge on any atom is 0.305 e. The Hall–Kier alpha value is -1.66. The lowest BCUT2D eigenvalue weighted by atomic mass is 10.0. The number of aliphatic hydroxyl groups is 2. The number of unbranched alkanes of at least 4 members (excludes halogenated alkanes) is 52. The van der Waals surface area contributed by atoms with Crippen LogP contribution in [0.1, 0.15) is 386 Å². The molecule has 0 rings (SSSR count). The number of rotatable bonds is 65. The zero-order chi connectivity index (χ0) is 55.0. The largest absolute Gasteiger partial charge is 0.466 e. The molecule has 0 saturated heterocycles. The van der Waals surface area contributed by atoms with Gasteiger partial charge in [0.25, 0.3) is 0 Å². The molecule has 6 nitrogen and oxygen atoms in total. The van der Waals surface area contributed by atoms with Gasteiger partial charge < -0.3 is 20.3 Å². The second kappa shape index (κ2) is 65.9. The van der Waals surface area contributed by atoms with Crippen LogP contribution in [-0.4, -0.2) is 47.4 Å².